The molecule has 1 aliphatic rings. The van der Waals surface area contributed by atoms with Crippen molar-refractivity contribution in [3.63, 3.8) is 0 Å². The van der Waals surface area contributed by atoms with Gasteiger partial charge in [-0.05, 0) is 42.3 Å². The Bertz CT molecular complexity index is 1420. The lowest BCUT2D eigenvalue weighted by molar-refractivity contribution is -0.128. The smallest absolute Gasteiger partial charge is 0.263 e. The van der Waals surface area contributed by atoms with Crippen molar-refractivity contribution in [2.75, 3.05) is 17.1 Å². The first-order chi connectivity index (χ1) is 16.5. The highest BCUT2D eigenvalue weighted by Crippen LogP contribution is 2.36. The first kappa shape index (κ1) is 24.7. The van der Waals surface area contributed by atoms with Gasteiger partial charge in [-0.15, -0.1) is 0 Å². The topological polar surface area (TPSA) is 110 Å². The maximum Gasteiger partial charge on any atom is 0.263 e. The van der Waals surface area contributed by atoms with Crippen molar-refractivity contribution in [3.05, 3.63) is 90.0 Å². The van der Waals surface area contributed by atoms with Gasteiger partial charge in [0.15, 0.2) is 15.9 Å². The molecule has 0 aromatic heterocycles. The number of benzene rings is 3. The summed E-state index contributed by atoms with van der Waals surface area (Å²) in [5, 5.41) is 2.84. The van der Waals surface area contributed by atoms with E-state index in [0.717, 1.165) is 6.26 Å². The van der Waals surface area contributed by atoms with E-state index in [1.165, 1.54) is 16.4 Å². The van der Waals surface area contributed by atoms with Crippen LogP contribution in [-0.4, -0.2) is 41.6 Å². The molecule has 2 atom stereocenters. The molecular weight excluding hydrogens is 488 g/mol. The minimum atomic E-state index is -3.80. The van der Waals surface area contributed by atoms with Crippen molar-refractivity contribution < 1.29 is 26.4 Å². The van der Waals surface area contributed by atoms with Gasteiger partial charge in [0.2, 0.25) is 10.0 Å². The number of sulfonamides is 1. The molecule has 184 valence electrons. The van der Waals surface area contributed by atoms with E-state index >= 15 is 0 Å². The van der Waals surface area contributed by atoms with Crippen molar-refractivity contribution in [3.8, 4) is 5.75 Å². The van der Waals surface area contributed by atoms with Crippen LogP contribution >= 0.6 is 0 Å². The largest absolute Gasteiger partial charge is 0.476 e. The van der Waals surface area contributed by atoms with Crippen molar-refractivity contribution >= 4 is 31.5 Å². The second-order valence-electron chi connectivity index (χ2n) is 8.42. The summed E-state index contributed by atoms with van der Waals surface area (Å²) in [4.78, 5) is 13.3. The molecule has 4 rings (SSSR count). The second-order valence-corrected chi connectivity index (χ2v) is 12.3. The highest BCUT2D eigenvalue weighted by molar-refractivity contribution is 7.92. The first-order valence-electron chi connectivity index (χ1n) is 10.9. The summed E-state index contributed by atoms with van der Waals surface area (Å²) in [6.45, 7) is 1.59. The van der Waals surface area contributed by atoms with Gasteiger partial charge >= 0.3 is 0 Å². The Morgan fingerprint density at radius 3 is 2.26 bits per heavy atom. The molecule has 0 spiro atoms. The number of nitrogens with one attached hydrogen (secondary N) is 1. The van der Waals surface area contributed by atoms with Crippen LogP contribution in [0.15, 0.2) is 83.8 Å². The van der Waals surface area contributed by atoms with Gasteiger partial charge < -0.3 is 10.1 Å². The Hall–Kier alpha value is -3.37. The third-order valence-corrected chi connectivity index (χ3v) is 8.57. The van der Waals surface area contributed by atoms with Crippen LogP contribution in [0.2, 0.25) is 0 Å². The Labute approximate surface area is 205 Å². The normalized spacial score (nSPS) is 16.6. The van der Waals surface area contributed by atoms with Crippen LogP contribution in [0.25, 0.3) is 0 Å². The van der Waals surface area contributed by atoms with Crippen molar-refractivity contribution in [1.82, 2.24) is 5.32 Å². The molecule has 35 heavy (non-hydrogen) atoms. The SMILES string of the molecule is C[C@H](NC(=O)[C@@H]1CN(S(=O)(=O)Cc2ccccc2)c2ccccc2O1)c1ccc(S(C)(=O)=O)cc1. The fourth-order valence-corrected chi connectivity index (χ4v) is 6.07. The fourth-order valence-electron chi connectivity index (χ4n) is 3.86. The monoisotopic (exact) mass is 514 g/mol. The van der Waals surface area contributed by atoms with Gasteiger partial charge in [-0.3, -0.25) is 9.10 Å². The minimum absolute atomic E-state index is 0.169. The third-order valence-electron chi connectivity index (χ3n) is 5.72. The predicted octanol–water partition coefficient (Wildman–Crippen LogP) is 3.06. The molecule has 0 unspecified atom stereocenters. The zero-order chi connectivity index (χ0) is 25.2. The molecule has 8 nitrogen and oxygen atoms in total. The molecule has 1 amide bonds. The number of para-hydroxylation sites is 2. The minimum Gasteiger partial charge on any atom is -0.476 e. The Kier molecular flexibility index (Phi) is 6.86. The number of anilines is 1. The summed E-state index contributed by atoms with van der Waals surface area (Å²) in [5.74, 6) is -0.376. The van der Waals surface area contributed by atoms with Crippen LogP contribution in [0, 0.1) is 0 Å². The molecule has 1 aliphatic heterocycles. The number of sulfone groups is 1. The molecular formula is C25H26N2O6S2. The zero-order valence-electron chi connectivity index (χ0n) is 19.3. The van der Waals surface area contributed by atoms with Crippen molar-refractivity contribution in [2.45, 2.75) is 29.7 Å². The summed E-state index contributed by atoms with van der Waals surface area (Å²) in [5.41, 5.74) is 1.73. The maximum atomic E-state index is 13.3. The summed E-state index contributed by atoms with van der Waals surface area (Å²) in [6, 6.07) is 21.4. The van der Waals surface area contributed by atoms with Crippen LogP contribution in [0.3, 0.4) is 0 Å². The quantitative estimate of drug-likeness (QED) is 0.519. The Morgan fingerprint density at radius 1 is 0.971 bits per heavy atom. The van der Waals surface area contributed by atoms with E-state index in [1.807, 2.05) is 6.07 Å². The summed E-state index contributed by atoms with van der Waals surface area (Å²) < 4.78 is 57.1. The van der Waals surface area contributed by atoms with E-state index in [9.17, 15) is 21.6 Å². The number of hydrogen-bond acceptors (Lipinski definition) is 6. The van der Waals surface area contributed by atoms with E-state index < -0.39 is 37.9 Å². The molecule has 3 aromatic carbocycles. The number of nitrogens with zero attached hydrogens (tertiary/aromatic N) is 1. The fraction of sp³-hybridized carbons (Fsp3) is 0.240. The average Bonchev–Trinajstić information content (AvgIpc) is 2.83. The summed E-state index contributed by atoms with van der Waals surface area (Å²) in [6.07, 6.45) is 0.0662. The number of fused-ring (bicyclic) bond motifs is 1. The predicted molar refractivity (Wildman–Crippen MR) is 133 cm³/mol. The van der Waals surface area contributed by atoms with Gasteiger partial charge in [0, 0.05) is 6.26 Å². The van der Waals surface area contributed by atoms with E-state index in [0.29, 0.717) is 22.6 Å². The lowest BCUT2D eigenvalue weighted by Gasteiger charge is -2.35. The Morgan fingerprint density at radius 2 is 1.60 bits per heavy atom. The number of rotatable bonds is 7. The van der Waals surface area contributed by atoms with Gasteiger partial charge in [-0.25, -0.2) is 16.8 Å². The number of carbonyl (C=O) groups is 1. The van der Waals surface area contributed by atoms with Gasteiger partial charge in [0.1, 0.15) is 5.75 Å². The lowest BCUT2D eigenvalue weighted by Crippen LogP contribution is -2.51. The molecule has 0 radical (unpaired) electrons. The molecule has 10 heteroatoms. The highest BCUT2D eigenvalue weighted by Gasteiger charge is 2.37. The molecule has 0 bridgehead atoms. The molecule has 3 aromatic rings. The highest BCUT2D eigenvalue weighted by atomic mass is 32.2. The van der Waals surface area contributed by atoms with E-state index in [-0.39, 0.29) is 17.2 Å². The number of carbonyl (C=O) groups excluding carboxylic acids is 1. The number of hydrogen-bond donors (Lipinski definition) is 1. The van der Waals surface area contributed by atoms with Gasteiger partial charge in [-0.1, -0.05) is 54.6 Å². The van der Waals surface area contributed by atoms with Crippen LogP contribution in [0.4, 0.5) is 5.69 Å². The van der Waals surface area contributed by atoms with Crippen LogP contribution < -0.4 is 14.4 Å². The van der Waals surface area contributed by atoms with Crippen LogP contribution in [0.5, 0.6) is 5.75 Å². The zero-order valence-corrected chi connectivity index (χ0v) is 20.9. The van der Waals surface area contributed by atoms with E-state index in [2.05, 4.69) is 5.32 Å². The summed E-state index contributed by atoms with van der Waals surface area (Å²) >= 11 is 0. The van der Waals surface area contributed by atoms with Crippen LogP contribution in [0.1, 0.15) is 24.1 Å². The first-order valence-corrected chi connectivity index (χ1v) is 14.4. The van der Waals surface area contributed by atoms with E-state index in [4.69, 9.17) is 4.74 Å². The average molecular weight is 515 g/mol. The van der Waals surface area contributed by atoms with Crippen LogP contribution in [-0.2, 0) is 30.4 Å². The second kappa shape index (κ2) is 9.71. The number of amides is 1. The molecule has 0 saturated carbocycles. The van der Waals surface area contributed by atoms with Crippen molar-refractivity contribution in [2.24, 2.45) is 0 Å². The van der Waals surface area contributed by atoms with Gasteiger partial charge in [0.25, 0.3) is 5.91 Å². The number of ether oxygens (including phenoxy) is 1. The standard InChI is InChI=1S/C25H26N2O6S2/c1-18(20-12-14-21(15-13-20)34(2,29)30)26-25(28)24-16-27(22-10-6-7-11-23(22)33-24)35(31,32)17-19-8-4-3-5-9-19/h3-15,18,24H,16-17H2,1-2H3,(H,26,28)/t18-,24-/m0/s1. The lowest BCUT2D eigenvalue weighted by atomic mass is 10.1. The van der Waals surface area contributed by atoms with Gasteiger partial charge in [0.05, 0.1) is 28.9 Å². The molecule has 1 heterocycles. The third kappa shape index (κ3) is 5.66. The molecule has 0 aliphatic carbocycles. The molecule has 0 saturated heterocycles. The molecule has 0 fully saturated rings. The van der Waals surface area contributed by atoms with Gasteiger partial charge in [-0.2, -0.15) is 0 Å². The molecule has 1 N–H and O–H groups in total. The maximum absolute atomic E-state index is 13.3. The van der Waals surface area contributed by atoms with Crippen molar-refractivity contribution in [1.29, 1.82) is 0 Å². The van der Waals surface area contributed by atoms with E-state index in [1.54, 1.807) is 67.6 Å². The summed E-state index contributed by atoms with van der Waals surface area (Å²) in [7, 11) is -7.13. The Balaban J connectivity index is 1.54.